The van der Waals surface area contributed by atoms with Crippen LogP contribution in [0.4, 0.5) is 0 Å². The summed E-state index contributed by atoms with van der Waals surface area (Å²) in [5, 5.41) is 25.0. The molecule has 0 aliphatic rings. The first-order chi connectivity index (χ1) is 3.00. The smallest absolute Gasteiger partial charge is 0.870 e. The van der Waals surface area contributed by atoms with Crippen LogP contribution in [-0.2, 0) is 0 Å². The zero-order valence-corrected chi connectivity index (χ0v) is 3.46. The lowest BCUT2D eigenvalue weighted by atomic mass is 12.0. The van der Waals surface area contributed by atoms with Gasteiger partial charge in [0.2, 0.25) is 0 Å². The second kappa shape index (κ2) is 727. The van der Waals surface area contributed by atoms with E-state index in [0.29, 0.717) is 0 Å². The molecule has 5 N–H and O–H groups in total. The lowest BCUT2D eigenvalue weighted by Gasteiger charge is -1.61. The summed E-state index contributed by atoms with van der Waals surface area (Å²) >= 11 is 0. The summed E-state index contributed by atoms with van der Waals surface area (Å²) in [6.45, 7) is 0. The normalized spacial score (nSPS) is 1.78. The van der Waals surface area contributed by atoms with E-state index < -0.39 is 0 Å². The maximum atomic E-state index is 7.25. The van der Waals surface area contributed by atoms with Gasteiger partial charge < -0.3 is 21.5 Å². The molecule has 0 aromatic heterocycles. The van der Waals surface area contributed by atoms with Crippen molar-refractivity contribution in [3.05, 3.63) is 9.93 Å². The minimum atomic E-state index is 0. The Kier molecular flexibility index (Phi) is 6570. The minimum absolute atomic E-state index is 0. The molecule has 0 unspecified atom stereocenters. The highest BCUT2D eigenvalue weighted by atomic mass is 17.0. The maximum Gasteiger partial charge on any atom is 1.00 e. The molecule has 0 aromatic rings. The van der Waals surface area contributed by atoms with Crippen molar-refractivity contribution in [3.63, 3.8) is 0 Å². The molecule has 0 aromatic carbocycles. The number of rotatable bonds is 0. The van der Waals surface area contributed by atoms with E-state index in [2.05, 4.69) is 0 Å². The number of hydrogen-bond donors (Lipinski definition) is 3. The highest BCUT2D eigenvalue weighted by Gasteiger charge is 0.746. The molecular formula is CH11O8-. The first-order valence-corrected chi connectivity index (χ1v) is 0.549. The van der Waals surface area contributed by atoms with E-state index in [4.69, 9.17) is 31.0 Å². The van der Waals surface area contributed by atoms with Crippen molar-refractivity contribution < 1.29 is 34.8 Å². The average Bonchev–Trinajstić information content (AvgIpc) is 1.81. The highest BCUT2D eigenvalue weighted by molar-refractivity contribution is 4.07. The van der Waals surface area contributed by atoms with Gasteiger partial charge in [-0.05, 0) is 0 Å². The predicted molar refractivity (Wildman–Crippen MR) is 27.4 cm³/mol. The van der Waals surface area contributed by atoms with Crippen LogP contribution in [0.5, 0.6) is 0 Å². The molecule has 0 bridgehead atoms. The molecule has 0 spiro atoms. The van der Waals surface area contributed by atoms with E-state index in [1.54, 1.807) is 0 Å². The van der Waals surface area contributed by atoms with Crippen LogP contribution in [0.25, 0.3) is 0 Å². The Morgan fingerprint density at radius 1 is 1.00 bits per heavy atom. The summed E-state index contributed by atoms with van der Waals surface area (Å²) in [5.41, 5.74) is 0. The zero-order chi connectivity index (χ0) is 6.00. The SMILES string of the molecule is C.O=O.OO.[H+].[H+].[O-]O.[OH-].[OH-]. The van der Waals surface area contributed by atoms with Gasteiger partial charge >= 0.3 is 2.85 Å². The molecule has 0 rings (SSSR count). The number of hydrogen-bond acceptors (Lipinski definition) is 8. The van der Waals surface area contributed by atoms with Crippen LogP contribution in [0.15, 0.2) is 0 Å². The molecule has 0 atom stereocenters. The lowest BCUT2D eigenvalue weighted by Crippen LogP contribution is -1.84. The van der Waals surface area contributed by atoms with Gasteiger partial charge in [0.15, 0.2) is 0 Å². The van der Waals surface area contributed by atoms with Gasteiger partial charge in [-0.25, -0.2) is 0 Å². The molecular weight excluding hydrogens is 140 g/mol. The molecule has 0 aliphatic heterocycles. The third-order valence-corrected chi connectivity index (χ3v) is 0. The van der Waals surface area contributed by atoms with Crippen LogP contribution in [0.2, 0.25) is 0 Å². The first kappa shape index (κ1) is 81.3. The Morgan fingerprint density at radius 2 is 1.00 bits per heavy atom. The van der Waals surface area contributed by atoms with Crippen molar-refractivity contribution in [3.8, 4) is 0 Å². The van der Waals surface area contributed by atoms with Crippen LogP contribution in [0.3, 0.4) is 0 Å². The second-order valence-electron chi connectivity index (χ2n) is 0. The molecule has 0 radical (unpaired) electrons. The van der Waals surface area contributed by atoms with E-state index >= 15 is 0 Å². The third kappa shape index (κ3) is 516. The Balaban J connectivity index is -0.00000000167. The zero-order valence-electron chi connectivity index (χ0n) is 5.46. The Hall–Kier alpha value is -0.640. The Labute approximate surface area is 53.7 Å². The van der Waals surface area contributed by atoms with Gasteiger partial charge in [0.05, 0.1) is 0 Å². The van der Waals surface area contributed by atoms with E-state index in [1.807, 2.05) is 0 Å². The van der Waals surface area contributed by atoms with E-state index in [-0.39, 0.29) is 21.2 Å². The van der Waals surface area contributed by atoms with E-state index in [9.17, 15) is 0 Å². The maximum absolute atomic E-state index is 7.25. The van der Waals surface area contributed by atoms with Crippen molar-refractivity contribution in [2.24, 2.45) is 0 Å². The Morgan fingerprint density at radius 3 is 1.00 bits per heavy atom. The minimum Gasteiger partial charge on any atom is -0.870 e. The summed E-state index contributed by atoms with van der Waals surface area (Å²) in [7, 11) is 0. The summed E-state index contributed by atoms with van der Waals surface area (Å²) in [4.78, 5) is 14.0. The summed E-state index contributed by atoms with van der Waals surface area (Å²) in [6.07, 6.45) is 0. The first-order valence-electron chi connectivity index (χ1n) is 0.549. The molecule has 0 aliphatic carbocycles. The van der Waals surface area contributed by atoms with Crippen molar-refractivity contribution in [1.82, 2.24) is 0 Å². The summed E-state index contributed by atoms with van der Waals surface area (Å²) in [6, 6.07) is 0. The van der Waals surface area contributed by atoms with Gasteiger partial charge in [-0.3, -0.25) is 10.5 Å². The fourth-order valence-corrected chi connectivity index (χ4v) is 0. The molecule has 0 fully saturated rings. The van der Waals surface area contributed by atoms with Crippen LogP contribution >= 0.6 is 0 Å². The molecule has 8 nitrogen and oxygen atoms in total. The monoisotopic (exact) mass is 151 g/mol. The predicted octanol–water partition coefficient (Wildman–Crippen LogP) is -0.588. The van der Waals surface area contributed by atoms with Gasteiger partial charge in [0.1, 0.15) is 0 Å². The average molecular weight is 151 g/mol. The molecule has 8 heteroatoms. The van der Waals surface area contributed by atoms with Gasteiger partial charge in [0.25, 0.3) is 0 Å². The largest absolute Gasteiger partial charge is 1.00 e. The molecule has 9 heavy (non-hydrogen) atoms. The quantitative estimate of drug-likeness (QED) is 0.303. The van der Waals surface area contributed by atoms with Gasteiger partial charge in [-0.2, -0.15) is 0 Å². The van der Waals surface area contributed by atoms with Gasteiger partial charge in [-0.1, -0.05) is 7.43 Å². The molecule has 0 saturated heterocycles. The van der Waals surface area contributed by atoms with Crippen LogP contribution in [-0.4, -0.2) is 26.7 Å². The molecule has 0 amide bonds. The second-order valence-corrected chi connectivity index (χ2v) is 0. The fourth-order valence-electron chi connectivity index (χ4n) is 0. The fraction of sp³-hybridized carbons (Fsp3) is 1.00. The van der Waals surface area contributed by atoms with E-state index in [0.717, 1.165) is 0 Å². The van der Waals surface area contributed by atoms with Crippen molar-refractivity contribution in [2.75, 3.05) is 0 Å². The standard InChI is InChI=1S/CH4.2H2O2.O2.2H2O/c;3*1-2;;/h1H4;2*1-2H;;2*1H2/p-1. The van der Waals surface area contributed by atoms with Crippen molar-refractivity contribution in [2.45, 2.75) is 7.43 Å². The highest BCUT2D eigenvalue weighted by Crippen LogP contribution is 0.741. The summed E-state index contributed by atoms with van der Waals surface area (Å²) < 4.78 is 0. The Bertz CT molecular complexity index is 12.1. The topological polar surface area (TPSA) is 178 Å². The van der Waals surface area contributed by atoms with Crippen molar-refractivity contribution >= 4 is 0 Å². The third-order valence-electron chi connectivity index (χ3n) is 0. The molecule has 0 saturated carbocycles. The van der Waals surface area contributed by atoms with E-state index in [1.165, 1.54) is 0 Å². The van der Waals surface area contributed by atoms with Crippen LogP contribution in [0.1, 0.15) is 10.3 Å². The lowest BCUT2D eigenvalue weighted by molar-refractivity contribution is -0.670. The van der Waals surface area contributed by atoms with Crippen LogP contribution in [0, 0.1) is 9.93 Å². The molecule has 64 valence electrons. The van der Waals surface area contributed by atoms with Gasteiger partial charge in [0, 0.05) is 9.93 Å². The van der Waals surface area contributed by atoms with Crippen molar-refractivity contribution in [1.29, 1.82) is 0 Å². The summed E-state index contributed by atoms with van der Waals surface area (Å²) in [5.74, 6) is 0. The molecule has 0 heterocycles. The van der Waals surface area contributed by atoms with Crippen LogP contribution < -0.4 is 5.26 Å². The van der Waals surface area contributed by atoms with Gasteiger partial charge in [-0.15, -0.1) is 0 Å².